The Bertz CT molecular complexity index is 1430. The van der Waals surface area contributed by atoms with E-state index < -0.39 is 4.92 Å². The lowest BCUT2D eigenvalue weighted by Gasteiger charge is -2.14. The summed E-state index contributed by atoms with van der Waals surface area (Å²) in [5.74, 6) is 0.735. The SMILES string of the molecule is COc1cc(/C=C2/SC(=Nc3cccc(Cl)c3C)NC2=O)cc(I)c1OCc1cccc([N+](=O)[O-])c1. The van der Waals surface area contributed by atoms with Crippen LogP contribution in [0.1, 0.15) is 16.7 Å². The summed E-state index contributed by atoms with van der Waals surface area (Å²) in [6, 6.07) is 15.3. The molecule has 0 radical (unpaired) electrons. The molecule has 0 spiro atoms. The third kappa shape index (κ3) is 6.00. The fourth-order valence-electron chi connectivity index (χ4n) is 3.34. The van der Waals surface area contributed by atoms with Crippen LogP contribution >= 0.6 is 46.0 Å². The molecule has 3 aromatic carbocycles. The summed E-state index contributed by atoms with van der Waals surface area (Å²) in [5, 5.41) is 14.9. The molecule has 0 saturated carbocycles. The van der Waals surface area contributed by atoms with Crippen LogP contribution in [0, 0.1) is 20.6 Å². The number of methoxy groups -OCH3 is 1. The number of nitro groups is 1. The van der Waals surface area contributed by atoms with E-state index in [0.29, 0.717) is 37.8 Å². The van der Waals surface area contributed by atoms with Gasteiger partial charge < -0.3 is 14.8 Å². The number of nitrogens with one attached hydrogen (secondary N) is 1. The van der Waals surface area contributed by atoms with Crippen LogP contribution < -0.4 is 14.8 Å². The minimum atomic E-state index is -0.445. The van der Waals surface area contributed by atoms with Gasteiger partial charge in [-0.15, -0.1) is 0 Å². The van der Waals surface area contributed by atoms with Gasteiger partial charge in [-0.1, -0.05) is 29.8 Å². The maximum Gasteiger partial charge on any atom is 0.269 e. The molecule has 11 heteroatoms. The van der Waals surface area contributed by atoms with Crippen molar-refractivity contribution in [1.82, 2.24) is 5.32 Å². The van der Waals surface area contributed by atoms with Crippen LogP contribution in [0.3, 0.4) is 0 Å². The molecule has 1 fully saturated rings. The molecule has 1 amide bonds. The van der Waals surface area contributed by atoms with Gasteiger partial charge in [-0.3, -0.25) is 14.9 Å². The van der Waals surface area contributed by atoms with Crippen LogP contribution in [-0.2, 0) is 11.4 Å². The molecular formula is C25H19ClIN3O5S. The Morgan fingerprint density at radius 2 is 2.00 bits per heavy atom. The first kappa shape index (κ1) is 26.0. The molecule has 4 rings (SSSR count). The summed E-state index contributed by atoms with van der Waals surface area (Å²) in [6.45, 7) is 2.01. The lowest BCUT2D eigenvalue weighted by atomic mass is 10.1. The monoisotopic (exact) mass is 635 g/mol. The number of rotatable bonds is 7. The Hall–Kier alpha value is -3.09. The van der Waals surface area contributed by atoms with Gasteiger partial charge >= 0.3 is 0 Å². The molecule has 0 aromatic heterocycles. The van der Waals surface area contributed by atoms with Crippen molar-refractivity contribution in [2.45, 2.75) is 13.5 Å². The van der Waals surface area contributed by atoms with Crippen molar-refractivity contribution in [2.75, 3.05) is 7.11 Å². The quantitative estimate of drug-likeness (QED) is 0.135. The predicted octanol–water partition coefficient (Wildman–Crippen LogP) is 6.64. The van der Waals surface area contributed by atoms with E-state index >= 15 is 0 Å². The number of amidine groups is 1. The number of ether oxygens (including phenoxy) is 2. The number of carbonyl (C=O) groups is 1. The number of nitro benzene ring substituents is 1. The van der Waals surface area contributed by atoms with Gasteiger partial charge in [0, 0.05) is 17.2 Å². The van der Waals surface area contributed by atoms with E-state index in [1.165, 1.54) is 31.0 Å². The molecule has 0 bridgehead atoms. The first-order valence-electron chi connectivity index (χ1n) is 10.5. The molecule has 36 heavy (non-hydrogen) atoms. The van der Waals surface area contributed by atoms with Gasteiger partial charge in [0.15, 0.2) is 16.7 Å². The number of benzene rings is 3. The van der Waals surface area contributed by atoms with Crippen LogP contribution in [0.15, 0.2) is 64.5 Å². The second-order valence-corrected chi connectivity index (χ2v) is 10.2. The van der Waals surface area contributed by atoms with Crippen molar-refractivity contribution in [3.8, 4) is 11.5 Å². The number of non-ortho nitro benzene ring substituents is 1. The Kier molecular flexibility index (Phi) is 8.17. The van der Waals surface area contributed by atoms with Gasteiger partial charge in [0.1, 0.15) is 6.61 Å². The standard InChI is InChI=1S/C25H19ClIN3O5S/c1-14-18(26)7-4-8-20(14)28-25-29-24(31)22(36-25)12-16-10-19(27)23(21(11-16)34-2)35-13-15-5-3-6-17(9-15)30(32)33/h3-12H,13H2,1-2H3,(H,28,29,31)/b22-12+. The molecule has 0 atom stereocenters. The first-order valence-corrected chi connectivity index (χ1v) is 12.8. The van der Waals surface area contributed by atoms with E-state index in [1.54, 1.807) is 30.3 Å². The number of thioether (sulfide) groups is 1. The molecule has 1 N–H and O–H groups in total. The Morgan fingerprint density at radius 1 is 1.22 bits per heavy atom. The number of carbonyl (C=O) groups excluding carboxylic acids is 1. The number of halogens is 2. The van der Waals surface area contributed by atoms with Crippen molar-refractivity contribution in [1.29, 1.82) is 0 Å². The van der Waals surface area contributed by atoms with Crippen molar-refractivity contribution < 1.29 is 19.2 Å². The minimum absolute atomic E-state index is 0.000468. The van der Waals surface area contributed by atoms with Crippen molar-refractivity contribution >= 4 is 74.5 Å². The molecule has 184 valence electrons. The normalized spacial score (nSPS) is 15.3. The number of nitrogens with zero attached hydrogens (tertiary/aromatic N) is 2. The van der Waals surface area contributed by atoms with Crippen molar-refractivity contribution in [3.63, 3.8) is 0 Å². The van der Waals surface area contributed by atoms with Crippen LogP contribution in [-0.4, -0.2) is 23.1 Å². The Morgan fingerprint density at radius 3 is 2.75 bits per heavy atom. The van der Waals surface area contributed by atoms with E-state index in [1.807, 2.05) is 25.1 Å². The summed E-state index contributed by atoms with van der Waals surface area (Å²) in [5.41, 5.74) is 2.93. The van der Waals surface area contributed by atoms with Crippen LogP contribution in [0.4, 0.5) is 11.4 Å². The van der Waals surface area contributed by atoms with Gasteiger partial charge in [-0.05, 0) is 88.3 Å². The molecule has 1 heterocycles. The second-order valence-electron chi connectivity index (χ2n) is 7.62. The first-order chi connectivity index (χ1) is 17.2. The number of hydrogen-bond acceptors (Lipinski definition) is 7. The molecule has 3 aromatic rings. The lowest BCUT2D eigenvalue weighted by Crippen LogP contribution is -2.19. The molecule has 1 saturated heterocycles. The highest BCUT2D eigenvalue weighted by Crippen LogP contribution is 2.37. The largest absolute Gasteiger partial charge is 0.493 e. The number of amides is 1. The average Bonchev–Trinajstić information content (AvgIpc) is 3.19. The summed E-state index contributed by atoms with van der Waals surface area (Å²) in [6.07, 6.45) is 1.75. The number of hydrogen-bond donors (Lipinski definition) is 1. The van der Waals surface area contributed by atoms with E-state index in [0.717, 1.165) is 14.7 Å². The van der Waals surface area contributed by atoms with E-state index in [4.69, 9.17) is 21.1 Å². The maximum atomic E-state index is 12.6. The fraction of sp³-hybridized carbons (Fsp3) is 0.120. The van der Waals surface area contributed by atoms with E-state index in [-0.39, 0.29) is 18.2 Å². The topological polar surface area (TPSA) is 103 Å². The molecule has 1 aliphatic heterocycles. The molecule has 0 unspecified atom stereocenters. The highest BCUT2D eigenvalue weighted by atomic mass is 127. The average molecular weight is 636 g/mol. The molecule has 1 aliphatic rings. The highest BCUT2D eigenvalue weighted by molar-refractivity contribution is 14.1. The Labute approximate surface area is 230 Å². The zero-order valence-corrected chi connectivity index (χ0v) is 22.8. The Balaban J connectivity index is 1.54. The highest BCUT2D eigenvalue weighted by Gasteiger charge is 2.24. The third-order valence-electron chi connectivity index (χ3n) is 5.17. The summed E-state index contributed by atoms with van der Waals surface area (Å²) < 4.78 is 12.2. The minimum Gasteiger partial charge on any atom is -0.493 e. The maximum absolute atomic E-state index is 12.6. The van der Waals surface area contributed by atoms with Gasteiger partial charge in [0.05, 0.1) is 26.2 Å². The molecular weight excluding hydrogens is 617 g/mol. The fourth-order valence-corrected chi connectivity index (χ4v) is 5.12. The third-order valence-corrected chi connectivity index (χ3v) is 7.29. The lowest BCUT2D eigenvalue weighted by molar-refractivity contribution is -0.384. The number of aliphatic imine (C=N–C) groups is 1. The molecule has 8 nitrogen and oxygen atoms in total. The zero-order valence-electron chi connectivity index (χ0n) is 19.1. The smallest absolute Gasteiger partial charge is 0.269 e. The van der Waals surface area contributed by atoms with Gasteiger partial charge in [-0.2, -0.15) is 0 Å². The van der Waals surface area contributed by atoms with Crippen molar-refractivity contribution in [3.05, 3.63) is 94.9 Å². The van der Waals surface area contributed by atoms with Crippen molar-refractivity contribution in [2.24, 2.45) is 4.99 Å². The second kappa shape index (κ2) is 11.3. The summed E-state index contributed by atoms with van der Waals surface area (Å²) in [4.78, 5) is 28.1. The molecule has 0 aliphatic carbocycles. The van der Waals surface area contributed by atoms with Gasteiger partial charge in [-0.25, -0.2) is 4.99 Å². The van der Waals surface area contributed by atoms with Crippen LogP contribution in [0.2, 0.25) is 5.02 Å². The zero-order chi connectivity index (χ0) is 25.8. The van der Waals surface area contributed by atoms with E-state index in [2.05, 4.69) is 32.9 Å². The van der Waals surface area contributed by atoms with Crippen LogP contribution in [0.5, 0.6) is 11.5 Å². The summed E-state index contributed by atoms with van der Waals surface area (Å²) in [7, 11) is 1.53. The van der Waals surface area contributed by atoms with Gasteiger partial charge in [0.2, 0.25) is 0 Å². The van der Waals surface area contributed by atoms with Gasteiger partial charge in [0.25, 0.3) is 11.6 Å². The van der Waals surface area contributed by atoms with Crippen LogP contribution in [0.25, 0.3) is 6.08 Å². The summed E-state index contributed by atoms with van der Waals surface area (Å²) >= 11 is 9.53. The van der Waals surface area contributed by atoms with E-state index in [9.17, 15) is 14.9 Å². The predicted molar refractivity (Wildman–Crippen MR) is 150 cm³/mol.